The first-order valence-corrected chi connectivity index (χ1v) is 4.63. The van der Waals surface area contributed by atoms with Gasteiger partial charge in [-0.05, 0) is 43.5 Å². The lowest BCUT2D eigenvalue weighted by atomic mass is 10.0. The molecule has 1 aromatic rings. The van der Waals surface area contributed by atoms with E-state index in [-0.39, 0.29) is 5.95 Å². The molecule has 1 saturated heterocycles. The third-order valence-electron chi connectivity index (χ3n) is 2.55. The molecule has 0 spiro atoms. The van der Waals surface area contributed by atoms with Crippen LogP contribution in [0.15, 0.2) is 12.3 Å². The topological polar surface area (TPSA) is 24.9 Å². The number of hydrogen-bond acceptors (Lipinski definition) is 2. The normalized spacial score (nSPS) is 22.2. The molecule has 1 N–H and O–H groups in total. The molecule has 2 rings (SSSR count). The molecule has 0 bridgehead atoms. The summed E-state index contributed by atoms with van der Waals surface area (Å²) in [5.41, 5.74) is 2.13. The van der Waals surface area contributed by atoms with E-state index >= 15 is 0 Å². The standard InChI is InChI=1S/C10H13FN2/c1-7-5-10(11)13-6-8(7)9-3-2-4-12-9/h5-6,9,12H,2-4H2,1H3. The Morgan fingerprint density at radius 3 is 3.08 bits per heavy atom. The van der Waals surface area contributed by atoms with Crippen molar-refractivity contribution in [1.29, 1.82) is 0 Å². The average Bonchev–Trinajstić information content (AvgIpc) is 2.56. The van der Waals surface area contributed by atoms with Crippen molar-refractivity contribution in [2.45, 2.75) is 25.8 Å². The van der Waals surface area contributed by atoms with Gasteiger partial charge in [-0.25, -0.2) is 4.98 Å². The van der Waals surface area contributed by atoms with Crippen LogP contribution >= 0.6 is 0 Å². The van der Waals surface area contributed by atoms with E-state index in [4.69, 9.17) is 0 Å². The van der Waals surface area contributed by atoms with Gasteiger partial charge < -0.3 is 5.32 Å². The quantitative estimate of drug-likeness (QED) is 0.668. The Morgan fingerprint density at radius 2 is 2.46 bits per heavy atom. The molecule has 0 saturated carbocycles. The Morgan fingerprint density at radius 1 is 1.62 bits per heavy atom. The molecule has 2 heterocycles. The summed E-state index contributed by atoms with van der Waals surface area (Å²) in [6.07, 6.45) is 3.98. The van der Waals surface area contributed by atoms with E-state index in [0.717, 1.165) is 24.1 Å². The Balaban J connectivity index is 2.29. The van der Waals surface area contributed by atoms with Gasteiger partial charge in [0.15, 0.2) is 0 Å². The third-order valence-corrected chi connectivity index (χ3v) is 2.55. The van der Waals surface area contributed by atoms with Crippen LogP contribution in [0.3, 0.4) is 0 Å². The van der Waals surface area contributed by atoms with E-state index in [2.05, 4.69) is 10.3 Å². The zero-order valence-corrected chi connectivity index (χ0v) is 7.68. The Hall–Kier alpha value is -0.960. The third kappa shape index (κ3) is 1.70. The number of pyridine rings is 1. The summed E-state index contributed by atoms with van der Waals surface area (Å²) in [6, 6.07) is 1.88. The molecule has 0 radical (unpaired) electrons. The van der Waals surface area contributed by atoms with Crippen molar-refractivity contribution in [3.05, 3.63) is 29.3 Å². The van der Waals surface area contributed by atoms with Crippen molar-refractivity contribution in [2.24, 2.45) is 0 Å². The fourth-order valence-electron chi connectivity index (χ4n) is 1.85. The lowest BCUT2D eigenvalue weighted by molar-refractivity contribution is 0.572. The van der Waals surface area contributed by atoms with Crippen molar-refractivity contribution in [3.63, 3.8) is 0 Å². The van der Waals surface area contributed by atoms with E-state index in [0.29, 0.717) is 6.04 Å². The Kier molecular flexibility index (Phi) is 2.27. The molecule has 1 atom stereocenters. The van der Waals surface area contributed by atoms with Gasteiger partial charge in [0, 0.05) is 12.2 Å². The molecule has 13 heavy (non-hydrogen) atoms. The van der Waals surface area contributed by atoms with Gasteiger partial charge in [-0.1, -0.05) is 0 Å². The maximum Gasteiger partial charge on any atom is 0.213 e. The SMILES string of the molecule is Cc1cc(F)ncc1C1CCCN1. The molecular weight excluding hydrogens is 167 g/mol. The van der Waals surface area contributed by atoms with E-state index in [9.17, 15) is 4.39 Å². The largest absolute Gasteiger partial charge is 0.310 e. The lowest BCUT2D eigenvalue weighted by Crippen LogP contribution is -2.14. The second kappa shape index (κ2) is 3.42. The van der Waals surface area contributed by atoms with Gasteiger partial charge in [0.2, 0.25) is 5.95 Å². The molecule has 0 amide bonds. The van der Waals surface area contributed by atoms with Crippen LogP contribution in [0.25, 0.3) is 0 Å². The van der Waals surface area contributed by atoms with Gasteiger partial charge in [0.1, 0.15) is 0 Å². The van der Waals surface area contributed by atoms with Crippen LogP contribution in [0, 0.1) is 12.9 Å². The van der Waals surface area contributed by atoms with Gasteiger partial charge in [-0.2, -0.15) is 4.39 Å². The number of hydrogen-bond donors (Lipinski definition) is 1. The molecule has 1 aliphatic rings. The monoisotopic (exact) mass is 180 g/mol. The average molecular weight is 180 g/mol. The predicted molar refractivity (Wildman–Crippen MR) is 48.9 cm³/mol. The summed E-state index contributed by atoms with van der Waals surface area (Å²) in [7, 11) is 0. The van der Waals surface area contributed by atoms with Crippen molar-refractivity contribution in [1.82, 2.24) is 10.3 Å². The van der Waals surface area contributed by atoms with Crippen molar-refractivity contribution >= 4 is 0 Å². The lowest BCUT2D eigenvalue weighted by Gasteiger charge is -2.12. The van der Waals surface area contributed by atoms with Gasteiger partial charge in [0.05, 0.1) is 0 Å². The minimum atomic E-state index is -0.390. The highest BCUT2D eigenvalue weighted by molar-refractivity contribution is 5.26. The van der Waals surface area contributed by atoms with Crippen LogP contribution in [-0.4, -0.2) is 11.5 Å². The minimum Gasteiger partial charge on any atom is -0.310 e. The summed E-state index contributed by atoms with van der Waals surface area (Å²) in [6.45, 7) is 2.99. The summed E-state index contributed by atoms with van der Waals surface area (Å²) < 4.78 is 12.7. The molecule has 2 nitrogen and oxygen atoms in total. The molecule has 1 aliphatic heterocycles. The van der Waals surface area contributed by atoms with Crippen LogP contribution < -0.4 is 5.32 Å². The maximum atomic E-state index is 12.7. The zero-order chi connectivity index (χ0) is 9.26. The van der Waals surface area contributed by atoms with Crippen LogP contribution in [0.1, 0.15) is 30.0 Å². The minimum absolute atomic E-state index is 0.382. The van der Waals surface area contributed by atoms with Gasteiger partial charge in [0.25, 0.3) is 0 Å². The Bertz CT molecular complexity index is 306. The highest BCUT2D eigenvalue weighted by Gasteiger charge is 2.18. The van der Waals surface area contributed by atoms with E-state index in [1.807, 2.05) is 6.92 Å². The summed E-state index contributed by atoms with van der Waals surface area (Å²) >= 11 is 0. The number of aryl methyl sites for hydroxylation is 1. The number of nitrogens with zero attached hydrogens (tertiary/aromatic N) is 1. The van der Waals surface area contributed by atoms with E-state index in [1.165, 1.54) is 12.5 Å². The molecular formula is C10H13FN2. The zero-order valence-electron chi connectivity index (χ0n) is 7.68. The number of aromatic nitrogens is 1. The first-order valence-electron chi connectivity index (χ1n) is 4.63. The van der Waals surface area contributed by atoms with Crippen molar-refractivity contribution < 1.29 is 4.39 Å². The fourth-order valence-corrected chi connectivity index (χ4v) is 1.85. The molecule has 1 aromatic heterocycles. The highest BCUT2D eigenvalue weighted by atomic mass is 19.1. The van der Waals surface area contributed by atoms with Crippen LogP contribution in [0.5, 0.6) is 0 Å². The smallest absolute Gasteiger partial charge is 0.213 e. The van der Waals surface area contributed by atoms with Crippen LogP contribution in [0.4, 0.5) is 4.39 Å². The maximum absolute atomic E-state index is 12.7. The number of rotatable bonds is 1. The molecule has 1 unspecified atom stereocenters. The molecule has 1 fully saturated rings. The van der Waals surface area contributed by atoms with Crippen molar-refractivity contribution in [2.75, 3.05) is 6.54 Å². The van der Waals surface area contributed by atoms with Crippen LogP contribution in [-0.2, 0) is 0 Å². The summed E-state index contributed by atoms with van der Waals surface area (Å²) in [5, 5.41) is 3.37. The van der Waals surface area contributed by atoms with E-state index < -0.39 is 0 Å². The summed E-state index contributed by atoms with van der Waals surface area (Å²) in [4.78, 5) is 3.68. The second-order valence-electron chi connectivity index (χ2n) is 3.51. The first-order chi connectivity index (χ1) is 6.27. The first kappa shape index (κ1) is 8.63. The predicted octanol–water partition coefficient (Wildman–Crippen LogP) is 1.95. The van der Waals surface area contributed by atoms with Gasteiger partial charge >= 0.3 is 0 Å². The Labute approximate surface area is 77.2 Å². The summed E-state index contributed by atoms with van der Waals surface area (Å²) in [5.74, 6) is -0.390. The van der Waals surface area contributed by atoms with Crippen LogP contribution in [0.2, 0.25) is 0 Å². The van der Waals surface area contributed by atoms with Crippen molar-refractivity contribution in [3.8, 4) is 0 Å². The number of halogens is 1. The molecule has 3 heteroatoms. The van der Waals surface area contributed by atoms with Gasteiger partial charge in [-0.15, -0.1) is 0 Å². The molecule has 70 valence electrons. The number of nitrogens with one attached hydrogen (secondary N) is 1. The van der Waals surface area contributed by atoms with E-state index in [1.54, 1.807) is 6.20 Å². The molecule has 0 aromatic carbocycles. The fraction of sp³-hybridized carbons (Fsp3) is 0.500. The second-order valence-corrected chi connectivity index (χ2v) is 3.51. The highest BCUT2D eigenvalue weighted by Crippen LogP contribution is 2.24. The molecule has 0 aliphatic carbocycles. The van der Waals surface area contributed by atoms with Gasteiger partial charge in [-0.3, -0.25) is 0 Å².